The number of rotatable bonds is 9. The lowest BCUT2D eigenvalue weighted by Gasteiger charge is -2.35. The van der Waals surface area contributed by atoms with Crippen molar-refractivity contribution in [1.29, 1.82) is 0 Å². The number of hydrogen-bond acceptors (Lipinski definition) is 1. The molecule has 0 N–H and O–H groups in total. The number of benzene rings is 12. The molecule has 0 saturated heterocycles. The van der Waals surface area contributed by atoms with Crippen LogP contribution in [-0.4, -0.2) is 0 Å². The van der Waals surface area contributed by atoms with Crippen molar-refractivity contribution in [1.82, 2.24) is 0 Å². The molecule has 0 heterocycles. The van der Waals surface area contributed by atoms with Crippen LogP contribution in [0.15, 0.2) is 297 Å². The van der Waals surface area contributed by atoms with Crippen molar-refractivity contribution in [2.24, 2.45) is 0 Å². The normalized spacial score (nSPS) is 14.2. The Hall–Kier alpha value is -9.30. The molecule has 0 fully saturated rings. The lowest BCUT2D eigenvalue weighted by atomic mass is 9.67. The van der Waals surface area contributed by atoms with E-state index in [0.29, 0.717) is 11.3 Å². The first-order valence-electron chi connectivity index (χ1n) is 27.1. The fourth-order valence-electron chi connectivity index (χ4n) is 12.5. The van der Waals surface area contributed by atoms with Crippen molar-refractivity contribution in [2.45, 2.75) is 10.8 Å². The van der Waals surface area contributed by atoms with E-state index in [4.69, 9.17) is 0 Å². The monoisotopic (exact) mass is 931 g/mol. The smallest absolute Gasteiger partial charge is 0.0714 e. The van der Waals surface area contributed by atoms with E-state index in [9.17, 15) is 5.48 Å². The van der Waals surface area contributed by atoms with Gasteiger partial charge < -0.3 is 4.90 Å². The Labute approximate surface area is 433 Å². The maximum Gasteiger partial charge on any atom is 0.0714 e. The van der Waals surface area contributed by atoms with Crippen molar-refractivity contribution in [3.8, 4) is 44.5 Å². The number of fused-ring (bicyclic) bond motifs is 7. The third kappa shape index (κ3) is 6.49. The van der Waals surface area contributed by atoms with Gasteiger partial charge in [0.2, 0.25) is 0 Å². The van der Waals surface area contributed by atoms with Crippen LogP contribution in [0.2, 0.25) is 0 Å². The van der Waals surface area contributed by atoms with Gasteiger partial charge in [-0.1, -0.05) is 261 Å². The molecule has 2 aliphatic carbocycles. The van der Waals surface area contributed by atoms with Crippen molar-refractivity contribution in [3.05, 3.63) is 342 Å². The van der Waals surface area contributed by atoms with Crippen LogP contribution >= 0.6 is 0 Å². The minimum absolute atomic E-state index is 0.117. The molecule has 0 unspecified atom stereocenters. The van der Waals surface area contributed by atoms with E-state index >= 15 is 0 Å². The fraction of sp³-hybridized carbons (Fsp3) is 0.0278. The summed E-state index contributed by atoms with van der Waals surface area (Å²) in [5, 5.41) is 2.21. The molecular formula is C72H49N. The second kappa shape index (κ2) is 17.2. The summed E-state index contributed by atoms with van der Waals surface area (Å²) in [6.07, 6.45) is 0. The average Bonchev–Trinajstić information content (AvgIpc) is 4.22. The van der Waals surface area contributed by atoms with Gasteiger partial charge in [-0.05, 0) is 131 Å². The summed E-state index contributed by atoms with van der Waals surface area (Å²) in [5.74, 6) is 0. The maximum absolute atomic E-state index is 10.3. The SMILES string of the molecule is [2H]c1c([2H])c(N(c2ccc3c(c2)C(c2ccccc2)(c2ccccc2)c2ccccc2-3)c2cccc3c2-c2ccccc2C3(c2ccccc2)c2ccccc2)c([2H])c([2H])c1-c1cccc(-c2cccc3ccccc23)c1. The van der Waals surface area contributed by atoms with Crippen LogP contribution in [0.5, 0.6) is 0 Å². The first-order valence-corrected chi connectivity index (χ1v) is 25.1. The molecule has 0 aliphatic heterocycles. The van der Waals surface area contributed by atoms with Gasteiger partial charge in [0.15, 0.2) is 0 Å². The highest BCUT2D eigenvalue weighted by Gasteiger charge is 2.49. The number of anilines is 3. The molecule has 342 valence electrons. The zero-order valence-electron chi connectivity index (χ0n) is 43.9. The van der Waals surface area contributed by atoms with Crippen LogP contribution < -0.4 is 4.90 Å². The van der Waals surface area contributed by atoms with Crippen LogP contribution in [0.25, 0.3) is 55.3 Å². The maximum atomic E-state index is 10.3. The zero-order chi connectivity index (χ0) is 51.8. The third-order valence-electron chi connectivity index (χ3n) is 15.5. The standard InChI is InChI=1S/C72H49N/c1-5-26-54(27-6-1)71(55-28-7-2-8-29-55)66-39-18-16-36-64(66)70-67(71)40-21-41-69(70)73(58-44-42-50(43-45-58)52-24-19-25-53(48-52)61-37-20-23-51-22-13-14-34-60(51)61)59-46-47-63-62-35-15-17-38-65(62)72(68(63)49-59,56-30-9-3-10-31-56)57-32-11-4-12-33-57/h1-49H/i42D,43D,44D,45D. The van der Waals surface area contributed by atoms with E-state index in [1.807, 2.05) is 47.4 Å². The van der Waals surface area contributed by atoms with Crippen molar-refractivity contribution in [3.63, 3.8) is 0 Å². The highest BCUT2D eigenvalue weighted by molar-refractivity contribution is 6.00. The first-order chi connectivity index (χ1) is 37.9. The number of nitrogens with zero attached hydrogens (tertiary/aromatic N) is 1. The molecule has 14 rings (SSSR count). The molecule has 0 bridgehead atoms. The zero-order valence-corrected chi connectivity index (χ0v) is 39.9. The van der Waals surface area contributed by atoms with Gasteiger partial charge in [-0.2, -0.15) is 0 Å². The quantitative estimate of drug-likeness (QED) is 0.139. The molecule has 1 nitrogen and oxygen atoms in total. The van der Waals surface area contributed by atoms with Gasteiger partial charge >= 0.3 is 0 Å². The van der Waals surface area contributed by atoms with E-state index in [-0.39, 0.29) is 35.4 Å². The predicted octanol–water partition coefficient (Wildman–Crippen LogP) is 18.4. The molecule has 0 atom stereocenters. The Morgan fingerprint density at radius 1 is 0.288 bits per heavy atom. The van der Waals surface area contributed by atoms with Gasteiger partial charge in [-0.25, -0.2) is 0 Å². The molecule has 1 heteroatoms. The topological polar surface area (TPSA) is 3.24 Å². The van der Waals surface area contributed by atoms with Crippen LogP contribution in [0, 0.1) is 0 Å². The summed E-state index contributed by atoms with van der Waals surface area (Å²) in [5.41, 5.74) is 16.1. The Bertz CT molecular complexity index is 4160. The molecule has 73 heavy (non-hydrogen) atoms. The van der Waals surface area contributed by atoms with Crippen LogP contribution in [0.3, 0.4) is 0 Å². The minimum atomic E-state index is -0.745. The fourth-order valence-corrected chi connectivity index (χ4v) is 12.5. The van der Waals surface area contributed by atoms with Gasteiger partial charge in [0, 0.05) is 16.9 Å². The van der Waals surface area contributed by atoms with Crippen molar-refractivity contribution < 1.29 is 5.48 Å². The van der Waals surface area contributed by atoms with Gasteiger partial charge in [-0.15, -0.1) is 0 Å². The molecule has 2 aliphatic rings. The van der Waals surface area contributed by atoms with E-state index in [2.05, 4.69) is 231 Å². The highest BCUT2D eigenvalue weighted by Crippen LogP contribution is 2.61. The minimum Gasteiger partial charge on any atom is -0.310 e. The van der Waals surface area contributed by atoms with Gasteiger partial charge in [0.05, 0.1) is 22.0 Å². The van der Waals surface area contributed by atoms with Crippen molar-refractivity contribution >= 4 is 27.8 Å². The number of hydrogen-bond donors (Lipinski definition) is 0. The Kier molecular flexibility index (Phi) is 9.08. The van der Waals surface area contributed by atoms with Crippen LogP contribution in [0.1, 0.15) is 50.0 Å². The Balaban J connectivity index is 1.07. The summed E-state index contributed by atoms with van der Waals surface area (Å²) >= 11 is 0. The van der Waals surface area contributed by atoms with E-state index in [1.54, 1.807) is 0 Å². The Morgan fingerprint density at radius 3 is 1.41 bits per heavy atom. The second-order valence-corrected chi connectivity index (χ2v) is 19.2. The van der Waals surface area contributed by atoms with Crippen LogP contribution in [0.4, 0.5) is 17.1 Å². The average molecular weight is 932 g/mol. The molecule has 0 radical (unpaired) electrons. The second-order valence-electron chi connectivity index (χ2n) is 19.2. The molecule has 0 amide bonds. The van der Waals surface area contributed by atoms with E-state index < -0.39 is 10.8 Å². The van der Waals surface area contributed by atoms with Crippen LogP contribution in [-0.2, 0) is 10.8 Å². The molecule has 12 aromatic rings. The summed E-state index contributed by atoms with van der Waals surface area (Å²) < 4.78 is 40.8. The Morgan fingerprint density at radius 2 is 0.753 bits per heavy atom. The van der Waals surface area contributed by atoms with Gasteiger partial charge in [-0.3, -0.25) is 0 Å². The van der Waals surface area contributed by atoms with Crippen molar-refractivity contribution in [2.75, 3.05) is 4.90 Å². The van der Waals surface area contributed by atoms with E-state index in [1.165, 1.54) is 5.56 Å². The van der Waals surface area contributed by atoms with Gasteiger partial charge in [0.1, 0.15) is 0 Å². The lowest BCUT2D eigenvalue weighted by molar-refractivity contribution is 0.768. The lowest BCUT2D eigenvalue weighted by Crippen LogP contribution is -2.29. The molecule has 0 spiro atoms. The summed E-state index contributed by atoms with van der Waals surface area (Å²) in [4.78, 5) is 2.03. The summed E-state index contributed by atoms with van der Waals surface area (Å²) in [6, 6.07) is 95.0. The largest absolute Gasteiger partial charge is 0.310 e. The predicted molar refractivity (Wildman–Crippen MR) is 304 cm³/mol. The third-order valence-corrected chi connectivity index (χ3v) is 15.5. The molecule has 0 aromatic heterocycles. The molecular weight excluding hydrogens is 879 g/mol. The first kappa shape index (κ1) is 38.5. The van der Waals surface area contributed by atoms with Gasteiger partial charge in [0.25, 0.3) is 0 Å². The summed E-state index contributed by atoms with van der Waals surface area (Å²) in [6.45, 7) is 0. The molecule has 12 aromatic carbocycles. The van der Waals surface area contributed by atoms with E-state index in [0.717, 1.165) is 88.8 Å². The summed E-state index contributed by atoms with van der Waals surface area (Å²) in [7, 11) is 0. The highest BCUT2D eigenvalue weighted by atomic mass is 15.1. The molecule has 0 saturated carbocycles.